The minimum absolute atomic E-state index is 0.325. The lowest BCUT2D eigenvalue weighted by Gasteiger charge is -2.38. The topological polar surface area (TPSA) is 66.4 Å². The monoisotopic (exact) mass is 353 g/mol. The molecule has 4 nitrogen and oxygen atoms in total. The molecule has 21 heavy (non-hydrogen) atoms. The van der Waals surface area contributed by atoms with Gasteiger partial charge < -0.3 is 10.4 Å². The van der Waals surface area contributed by atoms with Crippen LogP contribution in [0.4, 0.5) is 0 Å². The predicted octanol–water partition coefficient (Wildman–Crippen LogP) is 3.47. The maximum absolute atomic E-state index is 12.0. The normalized spacial score (nSPS) is 12.4. The van der Waals surface area contributed by atoms with Gasteiger partial charge in [-0.2, -0.15) is 0 Å². The highest BCUT2D eigenvalue weighted by Gasteiger charge is 2.44. The van der Waals surface area contributed by atoms with Crippen molar-refractivity contribution in [2.24, 2.45) is 5.41 Å². The molecule has 2 N–H and O–H groups in total. The maximum atomic E-state index is 12.0. The number of nitrogens with one attached hydrogen (secondary N) is 1. The van der Waals surface area contributed by atoms with Crippen LogP contribution in [0.15, 0.2) is 34.8 Å². The van der Waals surface area contributed by atoms with Crippen molar-refractivity contribution >= 4 is 33.9 Å². The van der Waals surface area contributed by atoms with Crippen molar-refractivity contribution < 1.29 is 14.7 Å². The van der Waals surface area contributed by atoms with Gasteiger partial charge in [0.15, 0.2) is 0 Å². The largest absolute Gasteiger partial charge is 0.481 e. The molecule has 0 aliphatic heterocycles. The number of aliphatic carboxylic acids is 1. The summed E-state index contributed by atoms with van der Waals surface area (Å²) in [5.74, 6) is -1.28. The molecule has 0 saturated heterocycles. The minimum atomic E-state index is -1.08. The van der Waals surface area contributed by atoms with Crippen LogP contribution >= 0.6 is 15.9 Å². The Labute approximate surface area is 133 Å². The van der Waals surface area contributed by atoms with Crippen LogP contribution in [-0.4, -0.2) is 22.5 Å². The van der Waals surface area contributed by atoms with Crippen LogP contribution in [0.5, 0.6) is 0 Å². The standard InChI is InChI=1S/C16H20BrNO3/c1-15(2,14(20)21)16(3,4)18-13(19)9-8-11-6-5-7-12(17)10-11/h5-10H,1-4H3,(H,18,19)(H,20,21). The second-order valence-corrected chi connectivity index (χ2v) is 6.85. The Kier molecular flexibility index (Phi) is 5.34. The van der Waals surface area contributed by atoms with Gasteiger partial charge in [-0.05, 0) is 51.5 Å². The number of rotatable bonds is 5. The van der Waals surface area contributed by atoms with Crippen molar-refractivity contribution in [1.82, 2.24) is 5.32 Å². The summed E-state index contributed by atoms with van der Waals surface area (Å²) in [4.78, 5) is 23.3. The molecule has 0 heterocycles. The number of carboxylic acids is 1. The lowest BCUT2D eigenvalue weighted by molar-refractivity contribution is -0.151. The van der Waals surface area contributed by atoms with E-state index in [2.05, 4.69) is 21.2 Å². The van der Waals surface area contributed by atoms with Gasteiger partial charge >= 0.3 is 5.97 Å². The Hall–Kier alpha value is -1.62. The molecule has 0 aliphatic carbocycles. The van der Waals surface area contributed by atoms with Gasteiger partial charge in [0.1, 0.15) is 0 Å². The molecule has 1 aromatic carbocycles. The highest BCUT2D eigenvalue weighted by atomic mass is 79.9. The van der Waals surface area contributed by atoms with E-state index < -0.39 is 16.9 Å². The zero-order valence-corrected chi connectivity index (χ0v) is 14.2. The van der Waals surface area contributed by atoms with Crippen LogP contribution in [0, 0.1) is 5.41 Å². The molecular weight excluding hydrogens is 334 g/mol. The quantitative estimate of drug-likeness (QED) is 0.796. The highest BCUT2D eigenvalue weighted by molar-refractivity contribution is 9.10. The summed E-state index contributed by atoms with van der Waals surface area (Å²) < 4.78 is 0.928. The van der Waals surface area contributed by atoms with Crippen LogP contribution < -0.4 is 5.32 Å². The molecule has 0 aliphatic rings. The van der Waals surface area contributed by atoms with E-state index in [-0.39, 0.29) is 5.91 Å². The fraction of sp³-hybridized carbons (Fsp3) is 0.375. The SMILES string of the molecule is CC(C)(NC(=O)C=Cc1cccc(Br)c1)C(C)(C)C(=O)O. The summed E-state index contributed by atoms with van der Waals surface area (Å²) in [7, 11) is 0. The molecule has 114 valence electrons. The Bertz CT molecular complexity index is 577. The minimum Gasteiger partial charge on any atom is -0.481 e. The fourth-order valence-electron chi connectivity index (χ4n) is 1.56. The zero-order valence-electron chi connectivity index (χ0n) is 12.6. The number of carboxylic acid groups (broad SMARTS) is 1. The molecule has 0 unspecified atom stereocenters. The average molecular weight is 354 g/mol. The molecule has 1 aromatic rings. The Morgan fingerprint density at radius 1 is 1.24 bits per heavy atom. The van der Waals surface area contributed by atoms with Crippen molar-refractivity contribution in [3.63, 3.8) is 0 Å². The zero-order chi connectivity index (χ0) is 16.3. The van der Waals surface area contributed by atoms with E-state index >= 15 is 0 Å². The molecule has 5 heteroatoms. The summed E-state index contributed by atoms with van der Waals surface area (Å²) in [5, 5.41) is 12.0. The fourth-order valence-corrected chi connectivity index (χ4v) is 1.97. The number of amides is 1. The number of hydrogen-bond acceptors (Lipinski definition) is 2. The predicted molar refractivity (Wildman–Crippen MR) is 86.8 cm³/mol. The maximum Gasteiger partial charge on any atom is 0.311 e. The first-order valence-corrected chi connectivity index (χ1v) is 7.35. The smallest absolute Gasteiger partial charge is 0.311 e. The van der Waals surface area contributed by atoms with Gasteiger partial charge in [-0.3, -0.25) is 9.59 Å². The molecule has 0 atom stereocenters. The van der Waals surface area contributed by atoms with Gasteiger partial charge in [0.25, 0.3) is 0 Å². The van der Waals surface area contributed by atoms with Crippen LogP contribution in [-0.2, 0) is 9.59 Å². The molecule has 0 saturated carbocycles. The number of halogens is 1. The average Bonchev–Trinajstić information content (AvgIpc) is 2.35. The van der Waals surface area contributed by atoms with E-state index in [1.54, 1.807) is 33.8 Å². The molecule has 0 radical (unpaired) electrons. The number of benzene rings is 1. The third-order valence-corrected chi connectivity index (χ3v) is 4.30. The van der Waals surface area contributed by atoms with Crippen LogP contribution in [0.3, 0.4) is 0 Å². The van der Waals surface area contributed by atoms with Crippen molar-refractivity contribution in [3.05, 3.63) is 40.4 Å². The van der Waals surface area contributed by atoms with Crippen molar-refractivity contribution in [2.75, 3.05) is 0 Å². The summed E-state index contributed by atoms with van der Waals surface area (Å²) >= 11 is 3.36. The molecule has 1 rings (SSSR count). The van der Waals surface area contributed by atoms with Gasteiger partial charge in [-0.1, -0.05) is 28.1 Å². The molecular formula is C16H20BrNO3. The first-order chi connectivity index (χ1) is 9.56. The van der Waals surface area contributed by atoms with E-state index in [1.807, 2.05) is 24.3 Å². The highest BCUT2D eigenvalue weighted by Crippen LogP contribution is 2.30. The van der Waals surface area contributed by atoms with Gasteiger partial charge in [0.05, 0.1) is 11.0 Å². The van der Waals surface area contributed by atoms with E-state index in [9.17, 15) is 14.7 Å². The molecule has 0 spiro atoms. The number of carbonyl (C=O) groups is 2. The summed E-state index contributed by atoms with van der Waals surface area (Å²) in [6.45, 7) is 6.58. The lowest BCUT2D eigenvalue weighted by Crippen LogP contribution is -2.56. The van der Waals surface area contributed by atoms with Gasteiger partial charge in [0.2, 0.25) is 5.91 Å². The van der Waals surface area contributed by atoms with E-state index in [0.717, 1.165) is 10.0 Å². The van der Waals surface area contributed by atoms with Crippen molar-refractivity contribution in [3.8, 4) is 0 Å². The summed E-state index contributed by atoms with van der Waals surface area (Å²) in [5.41, 5.74) is -1.07. The lowest BCUT2D eigenvalue weighted by atomic mass is 9.74. The van der Waals surface area contributed by atoms with Gasteiger partial charge in [-0.25, -0.2) is 0 Å². The third-order valence-electron chi connectivity index (χ3n) is 3.81. The van der Waals surface area contributed by atoms with Crippen molar-refractivity contribution in [2.45, 2.75) is 33.2 Å². The second-order valence-electron chi connectivity index (χ2n) is 5.93. The van der Waals surface area contributed by atoms with Gasteiger partial charge in [-0.15, -0.1) is 0 Å². The van der Waals surface area contributed by atoms with Crippen molar-refractivity contribution in [1.29, 1.82) is 0 Å². The Morgan fingerprint density at radius 2 is 1.86 bits per heavy atom. The number of carbonyl (C=O) groups excluding carboxylic acids is 1. The second kappa shape index (κ2) is 6.43. The Balaban J connectivity index is 2.80. The summed E-state index contributed by atoms with van der Waals surface area (Å²) in [6.07, 6.45) is 3.09. The molecule has 1 amide bonds. The first-order valence-electron chi connectivity index (χ1n) is 6.55. The van der Waals surface area contributed by atoms with E-state index in [0.29, 0.717) is 0 Å². The van der Waals surface area contributed by atoms with Gasteiger partial charge in [0, 0.05) is 10.5 Å². The molecule has 0 bridgehead atoms. The van der Waals surface area contributed by atoms with Crippen LogP contribution in [0.2, 0.25) is 0 Å². The molecule has 0 aromatic heterocycles. The third kappa shape index (κ3) is 4.43. The van der Waals surface area contributed by atoms with Crippen LogP contribution in [0.25, 0.3) is 6.08 Å². The first kappa shape index (κ1) is 17.4. The summed E-state index contributed by atoms with van der Waals surface area (Å²) in [6, 6.07) is 7.53. The number of hydrogen-bond donors (Lipinski definition) is 2. The van der Waals surface area contributed by atoms with Crippen LogP contribution in [0.1, 0.15) is 33.3 Å². The molecule has 0 fully saturated rings. The Morgan fingerprint density at radius 3 is 2.38 bits per heavy atom. The van der Waals surface area contributed by atoms with E-state index in [1.165, 1.54) is 6.08 Å². The van der Waals surface area contributed by atoms with E-state index in [4.69, 9.17) is 0 Å².